The van der Waals surface area contributed by atoms with Crippen LogP contribution in [0.4, 0.5) is 5.00 Å². The molecule has 72 valence electrons. The molecule has 1 saturated heterocycles. The lowest BCUT2D eigenvalue weighted by atomic mass is 10.4. The number of halogens is 1. The highest BCUT2D eigenvalue weighted by Crippen LogP contribution is 2.37. The summed E-state index contributed by atoms with van der Waals surface area (Å²) in [6.45, 7) is 3.40. The number of hydrogen-bond acceptors (Lipinski definition) is 5. The maximum absolute atomic E-state index is 6.08. The summed E-state index contributed by atoms with van der Waals surface area (Å²) < 4.78 is 6.06. The van der Waals surface area contributed by atoms with E-state index in [0.29, 0.717) is 0 Å². The normalized spacial score (nSPS) is 17.8. The molecule has 0 N–H and O–H groups in total. The standard InChI is InChI=1S/C7H8ClNOS3/c8-5-6(12-13-7(5)11)9-1-3-10-4-2-9/h1-4H2. The molecular formula is C7H8ClNOS3. The molecule has 1 aromatic heterocycles. The Morgan fingerprint density at radius 3 is 2.54 bits per heavy atom. The van der Waals surface area contributed by atoms with Crippen LogP contribution in [-0.4, -0.2) is 26.3 Å². The zero-order valence-electron chi connectivity index (χ0n) is 6.79. The number of hydrogen-bond donors (Lipinski definition) is 0. The van der Waals surface area contributed by atoms with Crippen LogP contribution in [-0.2, 0) is 4.74 Å². The van der Waals surface area contributed by atoms with Crippen molar-refractivity contribution in [2.75, 3.05) is 31.2 Å². The van der Waals surface area contributed by atoms with Gasteiger partial charge in [0.1, 0.15) is 13.8 Å². The molecule has 0 bridgehead atoms. The van der Waals surface area contributed by atoms with Crippen molar-refractivity contribution in [1.82, 2.24) is 0 Å². The van der Waals surface area contributed by atoms with Gasteiger partial charge < -0.3 is 9.64 Å². The van der Waals surface area contributed by atoms with Crippen LogP contribution in [0, 0.1) is 3.82 Å². The van der Waals surface area contributed by atoms with Crippen LogP contribution >= 0.6 is 44.5 Å². The van der Waals surface area contributed by atoms with Crippen LogP contribution in [0.25, 0.3) is 0 Å². The summed E-state index contributed by atoms with van der Waals surface area (Å²) in [6.07, 6.45) is 0. The fourth-order valence-corrected chi connectivity index (χ4v) is 4.42. The molecule has 0 aromatic carbocycles. The van der Waals surface area contributed by atoms with E-state index in [1.54, 1.807) is 20.7 Å². The van der Waals surface area contributed by atoms with Crippen molar-refractivity contribution in [3.05, 3.63) is 8.85 Å². The van der Waals surface area contributed by atoms with E-state index in [2.05, 4.69) is 4.90 Å². The maximum Gasteiger partial charge on any atom is 0.123 e. The summed E-state index contributed by atoms with van der Waals surface area (Å²) in [5.41, 5.74) is 0. The SMILES string of the molecule is S=c1ssc(N2CCOCC2)c1Cl. The second-order valence-corrected chi connectivity index (χ2v) is 5.85. The average molecular weight is 254 g/mol. The van der Waals surface area contributed by atoms with Gasteiger partial charge in [-0.15, -0.1) is 0 Å². The molecule has 2 nitrogen and oxygen atoms in total. The number of morpholine rings is 1. The number of nitrogens with zero attached hydrogens (tertiary/aromatic N) is 1. The molecule has 6 heteroatoms. The largest absolute Gasteiger partial charge is 0.378 e. The van der Waals surface area contributed by atoms with Crippen LogP contribution in [0.15, 0.2) is 0 Å². The van der Waals surface area contributed by atoms with Crippen molar-refractivity contribution in [1.29, 1.82) is 0 Å². The predicted molar refractivity (Wildman–Crippen MR) is 61.1 cm³/mol. The Balaban J connectivity index is 2.23. The van der Waals surface area contributed by atoms with E-state index in [1.807, 2.05) is 0 Å². The molecule has 0 radical (unpaired) electrons. The molecule has 2 rings (SSSR count). The monoisotopic (exact) mass is 253 g/mol. The summed E-state index contributed by atoms with van der Waals surface area (Å²) in [7, 11) is 3.23. The fraction of sp³-hybridized carbons (Fsp3) is 0.571. The van der Waals surface area contributed by atoms with Gasteiger partial charge in [0.15, 0.2) is 0 Å². The lowest BCUT2D eigenvalue weighted by Gasteiger charge is -2.27. The van der Waals surface area contributed by atoms with Gasteiger partial charge in [-0.3, -0.25) is 0 Å². The van der Waals surface area contributed by atoms with Gasteiger partial charge in [-0.2, -0.15) is 0 Å². The third kappa shape index (κ3) is 2.05. The molecule has 1 aliphatic rings. The Bertz CT molecular complexity index is 342. The topological polar surface area (TPSA) is 12.5 Å². The summed E-state index contributed by atoms with van der Waals surface area (Å²) in [4.78, 5) is 2.24. The zero-order chi connectivity index (χ0) is 9.26. The highest BCUT2D eigenvalue weighted by molar-refractivity contribution is 7.80. The first-order chi connectivity index (χ1) is 6.29. The van der Waals surface area contributed by atoms with Crippen molar-refractivity contribution in [2.24, 2.45) is 0 Å². The first-order valence-corrected chi connectivity index (χ1v) is 6.84. The maximum atomic E-state index is 6.08. The number of rotatable bonds is 1. The van der Waals surface area contributed by atoms with Crippen LogP contribution in [0.2, 0.25) is 5.02 Å². The molecule has 0 atom stereocenters. The molecule has 0 spiro atoms. The average Bonchev–Trinajstić information content (AvgIpc) is 2.49. The highest BCUT2D eigenvalue weighted by Gasteiger charge is 2.16. The minimum absolute atomic E-state index is 0.743. The van der Waals surface area contributed by atoms with Crippen molar-refractivity contribution in [3.63, 3.8) is 0 Å². The minimum atomic E-state index is 0.743. The summed E-state index contributed by atoms with van der Waals surface area (Å²) >= 11 is 11.2. The molecule has 1 fully saturated rings. The van der Waals surface area contributed by atoms with Crippen molar-refractivity contribution in [2.45, 2.75) is 0 Å². The van der Waals surface area contributed by atoms with Crippen LogP contribution in [0.3, 0.4) is 0 Å². The molecule has 13 heavy (non-hydrogen) atoms. The van der Waals surface area contributed by atoms with E-state index in [1.165, 1.54) is 0 Å². The van der Waals surface area contributed by atoms with Gasteiger partial charge in [0, 0.05) is 13.1 Å². The van der Waals surface area contributed by atoms with Crippen LogP contribution < -0.4 is 4.90 Å². The molecular weight excluding hydrogens is 246 g/mol. The predicted octanol–water partition coefficient (Wildman–Crippen LogP) is 3.03. The first kappa shape index (κ1) is 9.86. The Hall–Kier alpha value is 0.320. The van der Waals surface area contributed by atoms with E-state index in [-0.39, 0.29) is 0 Å². The summed E-state index contributed by atoms with van der Waals surface area (Å²) in [5.74, 6) is 0. The van der Waals surface area contributed by atoms with Gasteiger partial charge in [-0.1, -0.05) is 44.5 Å². The molecule has 1 aliphatic heterocycles. The van der Waals surface area contributed by atoms with E-state index in [4.69, 9.17) is 28.6 Å². The highest BCUT2D eigenvalue weighted by atomic mass is 35.5. The second kappa shape index (κ2) is 4.23. The molecule has 1 aromatic rings. The first-order valence-electron chi connectivity index (χ1n) is 3.90. The van der Waals surface area contributed by atoms with Crippen LogP contribution in [0.5, 0.6) is 0 Å². The molecule has 0 unspecified atom stereocenters. The molecule has 2 heterocycles. The second-order valence-electron chi connectivity index (χ2n) is 2.67. The Kier molecular flexibility index (Phi) is 3.21. The zero-order valence-corrected chi connectivity index (χ0v) is 9.99. The van der Waals surface area contributed by atoms with Crippen molar-refractivity contribution in [3.8, 4) is 0 Å². The third-order valence-electron chi connectivity index (χ3n) is 1.86. The van der Waals surface area contributed by atoms with E-state index < -0.39 is 0 Å². The summed E-state index contributed by atoms with van der Waals surface area (Å²) in [5, 5.41) is 1.85. The lowest BCUT2D eigenvalue weighted by molar-refractivity contribution is 0.123. The van der Waals surface area contributed by atoms with Gasteiger partial charge in [0.05, 0.1) is 13.2 Å². The Morgan fingerprint density at radius 2 is 2.00 bits per heavy atom. The van der Waals surface area contributed by atoms with E-state index in [0.717, 1.165) is 40.2 Å². The molecule has 0 aliphatic carbocycles. The van der Waals surface area contributed by atoms with Gasteiger partial charge in [-0.05, 0) is 0 Å². The lowest BCUT2D eigenvalue weighted by Crippen LogP contribution is -2.35. The van der Waals surface area contributed by atoms with Gasteiger partial charge >= 0.3 is 0 Å². The molecule has 0 saturated carbocycles. The quantitative estimate of drug-likeness (QED) is 0.564. The fourth-order valence-electron chi connectivity index (χ4n) is 1.20. The van der Waals surface area contributed by atoms with E-state index >= 15 is 0 Å². The van der Waals surface area contributed by atoms with Crippen molar-refractivity contribution < 1.29 is 4.74 Å². The Morgan fingerprint density at radius 1 is 1.31 bits per heavy atom. The number of ether oxygens (including phenoxy) is 1. The minimum Gasteiger partial charge on any atom is -0.378 e. The van der Waals surface area contributed by atoms with Gasteiger partial charge in [0.2, 0.25) is 0 Å². The number of anilines is 1. The Labute approximate surface area is 94.1 Å². The third-order valence-corrected chi connectivity index (χ3v) is 5.62. The van der Waals surface area contributed by atoms with Crippen molar-refractivity contribution >= 4 is 49.5 Å². The van der Waals surface area contributed by atoms with Gasteiger partial charge in [0.25, 0.3) is 0 Å². The smallest absolute Gasteiger partial charge is 0.123 e. The van der Waals surface area contributed by atoms with Crippen LogP contribution in [0.1, 0.15) is 0 Å². The van der Waals surface area contributed by atoms with Gasteiger partial charge in [-0.25, -0.2) is 0 Å². The molecule has 0 amide bonds. The summed E-state index contributed by atoms with van der Waals surface area (Å²) in [6, 6.07) is 0. The van der Waals surface area contributed by atoms with E-state index in [9.17, 15) is 0 Å².